The van der Waals surface area contributed by atoms with Crippen molar-refractivity contribution < 1.29 is 9.90 Å². The third-order valence-corrected chi connectivity index (χ3v) is 3.95. The molecule has 18 heavy (non-hydrogen) atoms. The van der Waals surface area contributed by atoms with Crippen molar-refractivity contribution >= 4 is 17.4 Å². The van der Waals surface area contributed by atoms with E-state index >= 15 is 0 Å². The first kappa shape index (κ1) is 13.4. The number of carbonyl (C=O) groups excluding carboxylic acids is 1. The molecule has 0 aromatic carbocycles. The van der Waals surface area contributed by atoms with Crippen LogP contribution in [0.3, 0.4) is 0 Å². The summed E-state index contributed by atoms with van der Waals surface area (Å²) in [6.07, 6.45) is 2.99. The van der Waals surface area contributed by atoms with Crippen molar-refractivity contribution in [1.29, 1.82) is 0 Å². The maximum Gasteiger partial charge on any atom is 0.317 e. The number of nitrogens with one attached hydrogen (secondary N) is 1. The number of aliphatic hydroxyl groups is 1. The maximum atomic E-state index is 12.1. The van der Waals surface area contributed by atoms with Gasteiger partial charge in [0.15, 0.2) is 0 Å². The van der Waals surface area contributed by atoms with Crippen molar-refractivity contribution in [2.24, 2.45) is 0 Å². The summed E-state index contributed by atoms with van der Waals surface area (Å²) < 4.78 is 0. The molecule has 5 heteroatoms. The first-order valence-electron chi connectivity index (χ1n) is 6.41. The molecule has 1 fully saturated rings. The van der Waals surface area contributed by atoms with Crippen LogP contribution in [-0.4, -0.2) is 41.3 Å². The summed E-state index contributed by atoms with van der Waals surface area (Å²) in [5, 5.41) is 14.0. The Kier molecular flexibility index (Phi) is 4.60. The monoisotopic (exact) mass is 268 g/mol. The third-order valence-electron chi connectivity index (χ3n) is 3.05. The molecule has 0 aliphatic heterocycles. The number of hydrogen-bond donors (Lipinski definition) is 2. The molecule has 1 atom stereocenters. The van der Waals surface area contributed by atoms with Gasteiger partial charge >= 0.3 is 6.03 Å². The molecule has 100 valence electrons. The fraction of sp³-hybridized carbons (Fsp3) is 0.615. The summed E-state index contributed by atoms with van der Waals surface area (Å²) in [5.41, 5.74) is 0. The predicted octanol–water partition coefficient (Wildman–Crippen LogP) is 1.85. The van der Waals surface area contributed by atoms with Crippen molar-refractivity contribution in [3.8, 4) is 0 Å². The van der Waals surface area contributed by atoms with Gasteiger partial charge in [0.25, 0.3) is 0 Å². The fourth-order valence-electron chi connectivity index (χ4n) is 2.02. The average molecular weight is 268 g/mol. The van der Waals surface area contributed by atoms with E-state index in [2.05, 4.69) is 11.4 Å². The van der Waals surface area contributed by atoms with Gasteiger partial charge in [0.05, 0.1) is 6.61 Å². The third kappa shape index (κ3) is 3.71. The van der Waals surface area contributed by atoms with Gasteiger partial charge in [0.2, 0.25) is 0 Å². The Bertz CT molecular complexity index is 376. The van der Waals surface area contributed by atoms with Crippen LogP contribution >= 0.6 is 11.3 Å². The second-order valence-electron chi connectivity index (χ2n) is 4.78. The molecule has 1 aliphatic carbocycles. The molecule has 1 aliphatic rings. The van der Waals surface area contributed by atoms with E-state index in [1.807, 2.05) is 18.4 Å². The van der Waals surface area contributed by atoms with Gasteiger partial charge in [0, 0.05) is 29.9 Å². The summed E-state index contributed by atoms with van der Waals surface area (Å²) in [6, 6.07) is 4.52. The summed E-state index contributed by atoms with van der Waals surface area (Å²) in [4.78, 5) is 15.1. The van der Waals surface area contributed by atoms with E-state index in [9.17, 15) is 4.79 Å². The maximum absolute atomic E-state index is 12.1. The normalized spacial score (nSPS) is 16.3. The van der Waals surface area contributed by atoms with E-state index in [1.54, 1.807) is 16.2 Å². The van der Waals surface area contributed by atoms with Crippen LogP contribution in [0.15, 0.2) is 17.5 Å². The van der Waals surface area contributed by atoms with Crippen molar-refractivity contribution in [3.63, 3.8) is 0 Å². The lowest BCUT2D eigenvalue weighted by Gasteiger charge is -2.24. The molecule has 0 spiro atoms. The first-order chi connectivity index (χ1) is 8.70. The number of nitrogens with zero attached hydrogens (tertiary/aromatic N) is 1. The highest BCUT2D eigenvalue weighted by Gasteiger charge is 2.32. The van der Waals surface area contributed by atoms with Gasteiger partial charge in [-0.3, -0.25) is 0 Å². The molecule has 1 heterocycles. The molecule has 4 nitrogen and oxygen atoms in total. The second-order valence-corrected chi connectivity index (χ2v) is 5.81. The molecule has 1 saturated carbocycles. The van der Waals surface area contributed by atoms with Crippen LogP contribution in [0.5, 0.6) is 0 Å². The minimum atomic E-state index is -0.0457. The van der Waals surface area contributed by atoms with Crippen LogP contribution in [-0.2, 0) is 6.42 Å². The van der Waals surface area contributed by atoms with Gasteiger partial charge in [-0.15, -0.1) is 11.3 Å². The van der Waals surface area contributed by atoms with Gasteiger partial charge in [-0.1, -0.05) is 6.07 Å². The van der Waals surface area contributed by atoms with Crippen molar-refractivity contribution in [2.75, 3.05) is 13.2 Å². The molecule has 0 bridgehead atoms. The molecule has 0 saturated heterocycles. The van der Waals surface area contributed by atoms with Gasteiger partial charge in [-0.2, -0.15) is 0 Å². The lowest BCUT2D eigenvalue weighted by molar-refractivity contribution is 0.171. The van der Waals surface area contributed by atoms with Crippen LogP contribution < -0.4 is 5.32 Å². The summed E-state index contributed by atoms with van der Waals surface area (Å²) in [5.74, 6) is 0. The lowest BCUT2D eigenvalue weighted by atomic mass is 10.2. The number of urea groups is 1. The summed E-state index contributed by atoms with van der Waals surface area (Å²) >= 11 is 1.71. The van der Waals surface area contributed by atoms with Gasteiger partial charge in [0.1, 0.15) is 0 Å². The number of carbonyl (C=O) groups is 1. The molecule has 1 unspecified atom stereocenters. The topological polar surface area (TPSA) is 52.6 Å². The smallest absolute Gasteiger partial charge is 0.317 e. The van der Waals surface area contributed by atoms with Crippen molar-refractivity contribution in [2.45, 2.75) is 38.3 Å². The van der Waals surface area contributed by atoms with E-state index in [1.165, 1.54) is 4.88 Å². The van der Waals surface area contributed by atoms with Gasteiger partial charge in [-0.25, -0.2) is 4.79 Å². The number of hydrogen-bond acceptors (Lipinski definition) is 3. The van der Waals surface area contributed by atoms with Crippen LogP contribution in [0, 0.1) is 0 Å². The zero-order valence-electron chi connectivity index (χ0n) is 10.6. The SMILES string of the molecule is CC(Cc1cccs1)NC(=O)N(CCO)C1CC1. The highest BCUT2D eigenvalue weighted by Crippen LogP contribution is 2.26. The zero-order chi connectivity index (χ0) is 13.0. The molecular formula is C13H20N2O2S. The van der Waals surface area contributed by atoms with Crippen LogP contribution in [0.2, 0.25) is 0 Å². The standard InChI is InChI=1S/C13H20N2O2S/c1-10(9-12-3-2-8-18-12)14-13(17)15(6-7-16)11-4-5-11/h2-3,8,10-11,16H,4-7,9H2,1H3,(H,14,17). The molecule has 2 rings (SSSR count). The van der Waals surface area contributed by atoms with E-state index in [-0.39, 0.29) is 18.7 Å². The lowest BCUT2D eigenvalue weighted by Crippen LogP contribution is -2.46. The van der Waals surface area contributed by atoms with Crippen LogP contribution in [0.25, 0.3) is 0 Å². The predicted molar refractivity (Wildman–Crippen MR) is 72.8 cm³/mol. The number of amides is 2. The Hall–Kier alpha value is -1.07. The molecule has 1 aromatic rings. The summed E-state index contributed by atoms with van der Waals surface area (Å²) in [7, 11) is 0. The van der Waals surface area contributed by atoms with Gasteiger partial charge < -0.3 is 15.3 Å². The summed E-state index contributed by atoms with van der Waals surface area (Å²) in [6.45, 7) is 2.48. The Morgan fingerprint density at radius 1 is 1.67 bits per heavy atom. The molecule has 2 amide bonds. The highest BCUT2D eigenvalue weighted by molar-refractivity contribution is 7.09. The fourth-order valence-corrected chi connectivity index (χ4v) is 2.85. The van der Waals surface area contributed by atoms with E-state index in [0.29, 0.717) is 12.6 Å². The van der Waals surface area contributed by atoms with Crippen LogP contribution in [0.1, 0.15) is 24.6 Å². The zero-order valence-corrected chi connectivity index (χ0v) is 11.4. The van der Waals surface area contributed by atoms with Gasteiger partial charge in [-0.05, 0) is 31.2 Å². The van der Waals surface area contributed by atoms with Crippen LogP contribution in [0.4, 0.5) is 4.79 Å². The van der Waals surface area contributed by atoms with E-state index < -0.39 is 0 Å². The Morgan fingerprint density at radius 3 is 3.00 bits per heavy atom. The highest BCUT2D eigenvalue weighted by atomic mass is 32.1. The Morgan fingerprint density at radius 2 is 2.44 bits per heavy atom. The second kappa shape index (κ2) is 6.20. The quantitative estimate of drug-likeness (QED) is 0.827. The van der Waals surface area contributed by atoms with E-state index in [0.717, 1.165) is 19.3 Å². The largest absolute Gasteiger partial charge is 0.395 e. The molecule has 1 aromatic heterocycles. The molecular weight excluding hydrogens is 248 g/mol. The van der Waals surface area contributed by atoms with Crippen molar-refractivity contribution in [1.82, 2.24) is 10.2 Å². The molecule has 2 N–H and O–H groups in total. The Balaban J connectivity index is 1.81. The van der Waals surface area contributed by atoms with E-state index in [4.69, 9.17) is 5.11 Å². The van der Waals surface area contributed by atoms with Crippen molar-refractivity contribution in [3.05, 3.63) is 22.4 Å². The number of aliphatic hydroxyl groups excluding tert-OH is 1. The number of rotatable bonds is 6. The average Bonchev–Trinajstić information content (AvgIpc) is 3.04. The minimum absolute atomic E-state index is 0.0310. The first-order valence-corrected chi connectivity index (χ1v) is 7.29. The molecule has 0 radical (unpaired) electrons. The Labute approximate surface area is 112 Å². The minimum Gasteiger partial charge on any atom is -0.395 e. The number of thiophene rings is 1.